The number of piperidine rings is 1. The molecule has 4 aliphatic rings. The summed E-state index contributed by atoms with van der Waals surface area (Å²) >= 11 is 0. The fourth-order valence-corrected chi connectivity index (χ4v) is 5.50. The molecule has 3 aliphatic carbocycles. The van der Waals surface area contributed by atoms with E-state index in [0.29, 0.717) is 24.7 Å². The maximum absolute atomic E-state index is 13.1. The average molecular weight is 315 g/mol. The number of hydrogen-bond acceptors (Lipinski definition) is 4. The number of fused-ring (bicyclic) bond motifs is 3. The van der Waals surface area contributed by atoms with Crippen LogP contribution in [0.4, 0.5) is 0 Å². The monoisotopic (exact) mass is 315 g/mol. The van der Waals surface area contributed by atoms with Gasteiger partial charge in [-0.3, -0.25) is 4.79 Å². The number of carbonyl (C=O) groups is 1. The molecule has 1 saturated heterocycles. The molecule has 0 radical (unpaired) electrons. The van der Waals surface area contributed by atoms with Crippen LogP contribution < -0.4 is 5.73 Å². The predicted molar refractivity (Wildman–Crippen MR) is 84.9 cm³/mol. The van der Waals surface area contributed by atoms with Gasteiger partial charge >= 0.3 is 0 Å². The van der Waals surface area contributed by atoms with Crippen LogP contribution in [0.25, 0.3) is 0 Å². The minimum Gasteiger partial charge on any atom is -0.393 e. The van der Waals surface area contributed by atoms with Crippen molar-refractivity contribution in [2.45, 2.75) is 69.7 Å². The lowest BCUT2D eigenvalue weighted by atomic mass is 9.59. The average Bonchev–Trinajstić information content (AvgIpc) is 3.14. The molecule has 5 heteroatoms. The highest BCUT2D eigenvalue weighted by atomic mass is 16.3. The third-order valence-electron chi connectivity index (χ3n) is 6.40. The Labute approximate surface area is 137 Å². The van der Waals surface area contributed by atoms with Crippen molar-refractivity contribution in [1.29, 1.82) is 5.26 Å². The van der Waals surface area contributed by atoms with Gasteiger partial charge in [-0.25, -0.2) is 0 Å². The molecule has 1 heterocycles. The third-order valence-corrected chi connectivity index (χ3v) is 6.40. The van der Waals surface area contributed by atoms with Crippen LogP contribution in [0.1, 0.15) is 45.4 Å². The van der Waals surface area contributed by atoms with Crippen LogP contribution in [0.5, 0.6) is 0 Å². The van der Waals surface area contributed by atoms with Crippen LogP contribution >= 0.6 is 0 Å². The molecule has 124 valence electrons. The molecule has 4 unspecified atom stereocenters. The number of carbonyl (C=O) groups excluding carboxylic acids is 1. The molecule has 3 N–H and O–H groups in total. The largest absolute Gasteiger partial charge is 0.393 e. The van der Waals surface area contributed by atoms with Crippen molar-refractivity contribution in [3.63, 3.8) is 0 Å². The molecular formula is C18H25N3O2. The van der Waals surface area contributed by atoms with Gasteiger partial charge in [0.1, 0.15) is 6.04 Å². The van der Waals surface area contributed by atoms with Crippen molar-refractivity contribution in [3.8, 4) is 6.07 Å². The van der Waals surface area contributed by atoms with Gasteiger partial charge < -0.3 is 15.7 Å². The number of likely N-dealkylation sites (tertiary alicyclic amines) is 1. The van der Waals surface area contributed by atoms with Gasteiger partial charge in [-0.1, -0.05) is 18.6 Å². The Balaban J connectivity index is 1.60. The summed E-state index contributed by atoms with van der Waals surface area (Å²) in [5, 5.41) is 19.6. The summed E-state index contributed by atoms with van der Waals surface area (Å²) in [6.45, 7) is 2.16. The first-order chi connectivity index (χ1) is 10.9. The van der Waals surface area contributed by atoms with Gasteiger partial charge in [0.15, 0.2) is 0 Å². The number of aliphatic hydroxyl groups is 1. The van der Waals surface area contributed by atoms with Crippen LogP contribution in [0.15, 0.2) is 11.6 Å². The highest BCUT2D eigenvalue weighted by molar-refractivity contribution is 5.84. The maximum atomic E-state index is 13.1. The standard InChI is InChI=1S/C18H25N3O2/c1-10-2-11-3-14(22)8-18(6-10,7-11)16(20)17(23)21-13(9-19)4-12-5-15(12)21/h2,10,12-16,22H,3-8,20H2,1H3/t10?,12?,13-,14?,15-,16+,18?/m0/s1. The molecule has 2 bridgehead atoms. The van der Waals surface area contributed by atoms with Gasteiger partial charge in [-0.15, -0.1) is 0 Å². The fourth-order valence-electron chi connectivity index (χ4n) is 5.50. The van der Waals surface area contributed by atoms with E-state index in [-0.39, 0.29) is 23.4 Å². The molecule has 23 heavy (non-hydrogen) atoms. The zero-order valence-corrected chi connectivity index (χ0v) is 13.6. The van der Waals surface area contributed by atoms with Crippen molar-refractivity contribution in [1.82, 2.24) is 4.90 Å². The number of aliphatic hydroxyl groups excluding tert-OH is 1. The van der Waals surface area contributed by atoms with Crippen LogP contribution in [-0.2, 0) is 4.79 Å². The zero-order valence-electron chi connectivity index (χ0n) is 13.6. The first-order valence-corrected chi connectivity index (χ1v) is 8.78. The SMILES string of the molecule is CC1C=C2CC(O)CC([C@H](N)C(=O)N3[C@H](C#N)CC4C[C@@H]43)(C2)C1. The van der Waals surface area contributed by atoms with E-state index in [1.165, 1.54) is 5.57 Å². The molecule has 0 aromatic heterocycles. The molecule has 0 aromatic rings. The second-order valence-electron chi connectivity index (χ2n) is 8.27. The van der Waals surface area contributed by atoms with Crippen LogP contribution in [0.3, 0.4) is 0 Å². The van der Waals surface area contributed by atoms with E-state index in [0.717, 1.165) is 25.7 Å². The molecule has 2 saturated carbocycles. The summed E-state index contributed by atoms with van der Waals surface area (Å²) in [4.78, 5) is 14.9. The first-order valence-electron chi connectivity index (χ1n) is 8.78. The molecular weight excluding hydrogens is 290 g/mol. The van der Waals surface area contributed by atoms with Crippen molar-refractivity contribution >= 4 is 5.91 Å². The first kappa shape index (κ1) is 15.2. The van der Waals surface area contributed by atoms with E-state index in [9.17, 15) is 15.2 Å². The van der Waals surface area contributed by atoms with E-state index in [1.807, 2.05) is 0 Å². The van der Waals surface area contributed by atoms with E-state index in [4.69, 9.17) is 5.73 Å². The van der Waals surface area contributed by atoms with Gasteiger partial charge in [-0.2, -0.15) is 5.26 Å². The minimum atomic E-state index is -0.612. The predicted octanol–water partition coefficient (Wildman–Crippen LogP) is 1.32. The summed E-state index contributed by atoms with van der Waals surface area (Å²) in [6.07, 6.45) is 6.64. The Morgan fingerprint density at radius 3 is 3.04 bits per heavy atom. The van der Waals surface area contributed by atoms with E-state index in [2.05, 4.69) is 19.1 Å². The summed E-state index contributed by atoms with van der Waals surface area (Å²) in [5.74, 6) is 0.833. The summed E-state index contributed by atoms with van der Waals surface area (Å²) in [5.41, 5.74) is 7.40. The van der Waals surface area contributed by atoms with Gasteiger partial charge in [0, 0.05) is 11.5 Å². The van der Waals surface area contributed by atoms with Crippen molar-refractivity contribution < 1.29 is 9.90 Å². The van der Waals surface area contributed by atoms with E-state index in [1.54, 1.807) is 4.90 Å². The molecule has 0 spiro atoms. The second kappa shape index (κ2) is 5.06. The Bertz CT molecular complexity index is 610. The quantitative estimate of drug-likeness (QED) is 0.752. The highest BCUT2D eigenvalue weighted by Crippen LogP contribution is 2.52. The van der Waals surface area contributed by atoms with E-state index >= 15 is 0 Å². The number of allylic oxidation sites excluding steroid dienone is 1. The Hall–Kier alpha value is -1.38. The van der Waals surface area contributed by atoms with Gasteiger partial charge in [0.05, 0.1) is 18.2 Å². The number of nitrogens with zero attached hydrogens (tertiary/aromatic N) is 2. The molecule has 1 amide bonds. The van der Waals surface area contributed by atoms with Crippen LogP contribution in [0.2, 0.25) is 0 Å². The van der Waals surface area contributed by atoms with Crippen molar-refractivity contribution in [2.75, 3.05) is 0 Å². The smallest absolute Gasteiger partial charge is 0.241 e. The van der Waals surface area contributed by atoms with Gasteiger partial charge in [0.25, 0.3) is 0 Å². The van der Waals surface area contributed by atoms with Crippen LogP contribution in [0, 0.1) is 28.6 Å². The molecule has 3 fully saturated rings. The lowest BCUT2D eigenvalue weighted by Crippen LogP contribution is -2.58. The number of nitrogens with two attached hydrogens (primary N) is 1. The molecule has 0 aromatic carbocycles. The molecule has 1 aliphatic heterocycles. The number of hydrogen-bond donors (Lipinski definition) is 2. The number of rotatable bonds is 2. The number of nitriles is 1. The normalized spacial score (nSPS) is 45.7. The second-order valence-corrected chi connectivity index (χ2v) is 8.27. The highest BCUT2D eigenvalue weighted by Gasteiger charge is 2.57. The molecule has 4 rings (SSSR count). The van der Waals surface area contributed by atoms with Crippen LogP contribution in [-0.4, -0.2) is 40.1 Å². The van der Waals surface area contributed by atoms with Crippen molar-refractivity contribution in [3.05, 3.63) is 11.6 Å². The summed E-state index contributed by atoms with van der Waals surface area (Å²) in [7, 11) is 0. The summed E-state index contributed by atoms with van der Waals surface area (Å²) < 4.78 is 0. The fraction of sp³-hybridized carbons (Fsp3) is 0.778. The molecule has 7 atom stereocenters. The van der Waals surface area contributed by atoms with Crippen molar-refractivity contribution in [2.24, 2.45) is 23.0 Å². The Morgan fingerprint density at radius 2 is 2.30 bits per heavy atom. The maximum Gasteiger partial charge on any atom is 0.241 e. The number of amides is 1. The van der Waals surface area contributed by atoms with Gasteiger partial charge in [0.2, 0.25) is 5.91 Å². The Kier molecular flexibility index (Phi) is 3.33. The third kappa shape index (κ3) is 2.31. The minimum absolute atomic E-state index is 0.0656. The lowest BCUT2D eigenvalue weighted by molar-refractivity contribution is -0.138. The summed E-state index contributed by atoms with van der Waals surface area (Å²) in [6, 6.07) is 1.59. The Morgan fingerprint density at radius 1 is 1.52 bits per heavy atom. The molecule has 5 nitrogen and oxygen atoms in total. The lowest BCUT2D eigenvalue weighted by Gasteiger charge is -2.49. The topological polar surface area (TPSA) is 90.3 Å². The van der Waals surface area contributed by atoms with Gasteiger partial charge in [-0.05, 0) is 50.4 Å². The zero-order chi connectivity index (χ0) is 16.4. The van der Waals surface area contributed by atoms with E-state index < -0.39 is 12.1 Å².